The maximum Gasteiger partial charge on any atom is 0.514 e. The summed E-state index contributed by atoms with van der Waals surface area (Å²) in [4.78, 5) is 22.0. The summed E-state index contributed by atoms with van der Waals surface area (Å²) < 4.78 is 9.73. The van der Waals surface area contributed by atoms with Crippen molar-refractivity contribution in [1.82, 2.24) is 0 Å². The molecule has 17 heavy (non-hydrogen) atoms. The number of hydrogen-bond donors (Lipinski definition) is 1. The zero-order chi connectivity index (χ0) is 12.8. The lowest BCUT2D eigenvalue weighted by Gasteiger charge is -2.08. The Morgan fingerprint density at radius 1 is 1.18 bits per heavy atom. The molecule has 1 amide bonds. The van der Waals surface area contributed by atoms with Crippen LogP contribution < -0.4 is 10.1 Å². The van der Waals surface area contributed by atoms with Crippen molar-refractivity contribution in [1.29, 1.82) is 0 Å². The van der Waals surface area contributed by atoms with E-state index in [0.717, 1.165) is 0 Å². The van der Waals surface area contributed by atoms with Crippen LogP contribution >= 0.6 is 0 Å². The monoisotopic (exact) mass is 237 g/mol. The van der Waals surface area contributed by atoms with Gasteiger partial charge in [0.15, 0.2) is 0 Å². The van der Waals surface area contributed by atoms with E-state index in [1.165, 1.54) is 6.92 Å². The molecular formula is C12H15NO4. The topological polar surface area (TPSA) is 64.6 Å². The van der Waals surface area contributed by atoms with Crippen LogP contribution in [0.1, 0.15) is 20.8 Å². The van der Waals surface area contributed by atoms with Crippen LogP contribution in [-0.2, 0) is 9.53 Å². The van der Waals surface area contributed by atoms with Gasteiger partial charge in [-0.15, -0.1) is 0 Å². The van der Waals surface area contributed by atoms with Gasteiger partial charge in [0.2, 0.25) is 5.91 Å². The van der Waals surface area contributed by atoms with Crippen LogP contribution in [0.3, 0.4) is 0 Å². The molecule has 0 aliphatic heterocycles. The number of anilines is 1. The fraction of sp³-hybridized carbons (Fsp3) is 0.333. The molecule has 0 aliphatic carbocycles. The minimum Gasteiger partial charge on any atom is -0.431 e. The van der Waals surface area contributed by atoms with Crippen LogP contribution in [0, 0.1) is 0 Å². The first-order valence-corrected chi connectivity index (χ1v) is 5.23. The fourth-order valence-electron chi connectivity index (χ4n) is 1.12. The third-order valence-corrected chi connectivity index (χ3v) is 1.71. The molecule has 0 bridgehead atoms. The Hall–Kier alpha value is -2.04. The highest BCUT2D eigenvalue weighted by Crippen LogP contribution is 2.16. The van der Waals surface area contributed by atoms with Crippen molar-refractivity contribution < 1.29 is 19.1 Å². The average molecular weight is 237 g/mol. The van der Waals surface area contributed by atoms with Gasteiger partial charge in [-0.3, -0.25) is 4.79 Å². The number of benzene rings is 1. The van der Waals surface area contributed by atoms with Crippen LogP contribution in [0.2, 0.25) is 0 Å². The molecule has 0 saturated heterocycles. The van der Waals surface area contributed by atoms with Crippen LogP contribution in [0.5, 0.6) is 5.75 Å². The molecule has 1 N–H and O–H groups in total. The molecule has 0 aliphatic rings. The SMILES string of the molecule is CC(=O)Nc1ccc(OC(=O)OC(C)C)cc1. The van der Waals surface area contributed by atoms with Gasteiger partial charge in [-0.05, 0) is 38.1 Å². The van der Waals surface area contributed by atoms with Crippen molar-refractivity contribution in [2.75, 3.05) is 5.32 Å². The molecule has 0 spiro atoms. The Kier molecular flexibility index (Phi) is 4.51. The number of carbonyl (C=O) groups is 2. The molecule has 0 heterocycles. The van der Waals surface area contributed by atoms with Gasteiger partial charge in [-0.2, -0.15) is 0 Å². The summed E-state index contributed by atoms with van der Waals surface area (Å²) in [5.41, 5.74) is 0.641. The molecule has 0 saturated carbocycles. The van der Waals surface area contributed by atoms with Gasteiger partial charge in [0.1, 0.15) is 5.75 Å². The summed E-state index contributed by atoms with van der Waals surface area (Å²) >= 11 is 0. The van der Waals surface area contributed by atoms with Crippen LogP contribution in [0.25, 0.3) is 0 Å². The normalized spacial score (nSPS) is 9.88. The van der Waals surface area contributed by atoms with E-state index >= 15 is 0 Å². The van der Waals surface area contributed by atoms with Gasteiger partial charge in [-0.25, -0.2) is 4.79 Å². The van der Waals surface area contributed by atoms with E-state index < -0.39 is 6.16 Å². The van der Waals surface area contributed by atoms with Crippen molar-refractivity contribution in [3.8, 4) is 5.75 Å². The predicted molar refractivity (Wildman–Crippen MR) is 63.0 cm³/mol. The van der Waals surface area contributed by atoms with Gasteiger partial charge in [0.25, 0.3) is 0 Å². The zero-order valence-corrected chi connectivity index (χ0v) is 10.0. The van der Waals surface area contributed by atoms with Crippen molar-refractivity contribution in [2.24, 2.45) is 0 Å². The van der Waals surface area contributed by atoms with Gasteiger partial charge < -0.3 is 14.8 Å². The molecule has 1 aromatic carbocycles. The lowest BCUT2D eigenvalue weighted by atomic mass is 10.3. The maximum absolute atomic E-state index is 11.2. The largest absolute Gasteiger partial charge is 0.514 e. The minimum absolute atomic E-state index is 0.155. The first-order chi connectivity index (χ1) is 7.97. The second kappa shape index (κ2) is 5.89. The summed E-state index contributed by atoms with van der Waals surface area (Å²) in [6.07, 6.45) is -0.964. The van der Waals surface area contributed by atoms with E-state index in [-0.39, 0.29) is 12.0 Å². The first-order valence-electron chi connectivity index (χ1n) is 5.23. The Bertz CT molecular complexity index is 397. The van der Waals surface area contributed by atoms with Gasteiger partial charge in [-0.1, -0.05) is 0 Å². The molecule has 0 aromatic heterocycles. The van der Waals surface area contributed by atoms with Crippen LogP contribution in [0.4, 0.5) is 10.5 Å². The highest BCUT2D eigenvalue weighted by molar-refractivity contribution is 5.88. The highest BCUT2D eigenvalue weighted by atomic mass is 16.7. The predicted octanol–water partition coefficient (Wildman–Crippen LogP) is 2.57. The molecule has 92 valence electrons. The van der Waals surface area contributed by atoms with E-state index in [2.05, 4.69) is 5.32 Å². The number of rotatable bonds is 3. The molecule has 5 nitrogen and oxygen atoms in total. The van der Waals surface area contributed by atoms with Gasteiger partial charge >= 0.3 is 6.16 Å². The van der Waals surface area contributed by atoms with E-state index in [1.807, 2.05) is 0 Å². The van der Waals surface area contributed by atoms with Crippen molar-refractivity contribution in [3.63, 3.8) is 0 Å². The van der Waals surface area contributed by atoms with E-state index in [0.29, 0.717) is 11.4 Å². The van der Waals surface area contributed by atoms with E-state index in [1.54, 1.807) is 38.1 Å². The molecule has 5 heteroatoms. The van der Waals surface area contributed by atoms with Crippen molar-refractivity contribution in [3.05, 3.63) is 24.3 Å². The summed E-state index contributed by atoms with van der Waals surface area (Å²) in [7, 11) is 0. The quantitative estimate of drug-likeness (QED) is 0.648. The molecule has 0 radical (unpaired) electrons. The second-order valence-corrected chi connectivity index (χ2v) is 3.72. The Morgan fingerprint density at radius 2 is 1.76 bits per heavy atom. The average Bonchev–Trinajstić information content (AvgIpc) is 2.18. The molecule has 1 aromatic rings. The van der Waals surface area contributed by atoms with E-state index in [9.17, 15) is 9.59 Å². The summed E-state index contributed by atoms with van der Waals surface area (Å²) in [6.45, 7) is 4.90. The van der Waals surface area contributed by atoms with Gasteiger partial charge in [0.05, 0.1) is 6.10 Å². The lowest BCUT2D eigenvalue weighted by Crippen LogP contribution is -2.15. The Labute approximate surface area is 99.7 Å². The number of nitrogens with one attached hydrogen (secondary N) is 1. The Morgan fingerprint density at radius 3 is 2.24 bits per heavy atom. The van der Waals surface area contributed by atoms with Crippen molar-refractivity contribution >= 4 is 17.7 Å². The maximum atomic E-state index is 11.2. The summed E-state index contributed by atoms with van der Waals surface area (Å²) in [5, 5.41) is 2.61. The Balaban J connectivity index is 2.56. The van der Waals surface area contributed by atoms with Gasteiger partial charge in [0, 0.05) is 12.6 Å². The third kappa shape index (κ3) is 5.01. The smallest absolute Gasteiger partial charge is 0.431 e. The molecule has 0 atom stereocenters. The standard InChI is InChI=1S/C12H15NO4/c1-8(2)16-12(15)17-11-6-4-10(5-7-11)13-9(3)14/h4-8H,1-3H3,(H,13,14). The summed E-state index contributed by atoms with van der Waals surface area (Å²) in [5.74, 6) is 0.211. The molecule has 0 unspecified atom stereocenters. The zero-order valence-electron chi connectivity index (χ0n) is 10.0. The summed E-state index contributed by atoms with van der Waals surface area (Å²) in [6, 6.07) is 6.43. The number of amides is 1. The fourth-order valence-corrected chi connectivity index (χ4v) is 1.12. The molecule has 1 rings (SSSR count). The third-order valence-electron chi connectivity index (χ3n) is 1.71. The van der Waals surface area contributed by atoms with Crippen LogP contribution in [0.15, 0.2) is 24.3 Å². The number of ether oxygens (including phenoxy) is 2. The number of hydrogen-bond acceptors (Lipinski definition) is 4. The van der Waals surface area contributed by atoms with E-state index in [4.69, 9.17) is 9.47 Å². The minimum atomic E-state index is -0.743. The molecule has 0 fully saturated rings. The lowest BCUT2D eigenvalue weighted by molar-refractivity contribution is -0.114. The number of carbonyl (C=O) groups excluding carboxylic acids is 2. The first kappa shape index (κ1) is 13.0. The second-order valence-electron chi connectivity index (χ2n) is 3.72. The van der Waals surface area contributed by atoms with Crippen molar-refractivity contribution in [2.45, 2.75) is 26.9 Å². The molecular weight excluding hydrogens is 222 g/mol. The highest BCUT2D eigenvalue weighted by Gasteiger charge is 2.08. The van der Waals surface area contributed by atoms with Crippen LogP contribution in [-0.4, -0.2) is 18.2 Å².